The Hall–Kier alpha value is -4.42. The number of carbonyl (C=O) groups excluding carboxylic acids is 3. The van der Waals surface area contributed by atoms with Crippen molar-refractivity contribution in [3.63, 3.8) is 0 Å². The number of Topliss-reactive ketones (excluding diaryl/α,β-unsaturated/α-hetero) is 1. The van der Waals surface area contributed by atoms with Gasteiger partial charge in [-0.3, -0.25) is 23.9 Å². The first-order valence-corrected chi connectivity index (χ1v) is 11.9. The lowest BCUT2D eigenvalue weighted by Gasteiger charge is -2.32. The molecule has 1 aliphatic rings. The minimum absolute atomic E-state index is 0.0584. The van der Waals surface area contributed by atoms with Crippen LogP contribution in [0, 0.1) is 5.82 Å². The number of ether oxygens (including phenoxy) is 4. The second kappa shape index (κ2) is 11.5. The van der Waals surface area contributed by atoms with Crippen LogP contribution in [-0.4, -0.2) is 52.7 Å². The van der Waals surface area contributed by atoms with E-state index < -0.39 is 59.3 Å². The summed E-state index contributed by atoms with van der Waals surface area (Å²) in [6, 6.07) is 14.6. The maximum absolute atomic E-state index is 14.2. The van der Waals surface area contributed by atoms with E-state index in [1.165, 1.54) is 38.3 Å². The van der Waals surface area contributed by atoms with Gasteiger partial charge in [-0.15, -0.1) is 0 Å². The molecular formula is C27H25FN2O9. The summed E-state index contributed by atoms with van der Waals surface area (Å²) >= 11 is 0. The van der Waals surface area contributed by atoms with Crippen molar-refractivity contribution in [2.75, 3.05) is 13.7 Å². The summed E-state index contributed by atoms with van der Waals surface area (Å²) in [6.45, 7) is 0.650. The molecule has 3 atom stereocenters. The highest BCUT2D eigenvalue weighted by Crippen LogP contribution is 2.42. The van der Waals surface area contributed by atoms with Crippen LogP contribution in [0.5, 0.6) is 0 Å². The molecule has 1 aliphatic heterocycles. The highest BCUT2D eigenvalue weighted by Gasteiger charge is 2.56. The molecule has 0 spiro atoms. The molecule has 1 N–H and O–H groups in total. The van der Waals surface area contributed by atoms with Gasteiger partial charge in [-0.1, -0.05) is 42.5 Å². The number of aromatic amines is 1. The number of methoxy groups -OCH3 is 1. The van der Waals surface area contributed by atoms with E-state index in [1.807, 2.05) is 4.98 Å². The van der Waals surface area contributed by atoms with Gasteiger partial charge in [-0.2, -0.15) is 4.39 Å². The van der Waals surface area contributed by atoms with Crippen LogP contribution in [0.3, 0.4) is 0 Å². The van der Waals surface area contributed by atoms with E-state index >= 15 is 0 Å². The van der Waals surface area contributed by atoms with Gasteiger partial charge in [0.25, 0.3) is 5.56 Å². The Labute approximate surface area is 221 Å². The Balaban J connectivity index is 1.82. The minimum Gasteiger partial charge on any atom is -0.465 e. The third-order valence-corrected chi connectivity index (χ3v) is 6.26. The Morgan fingerprint density at radius 3 is 2.51 bits per heavy atom. The number of rotatable bonds is 9. The van der Waals surface area contributed by atoms with Gasteiger partial charge < -0.3 is 18.9 Å². The molecule has 1 aromatic heterocycles. The zero-order valence-electron chi connectivity index (χ0n) is 21.0. The molecular weight excluding hydrogens is 515 g/mol. The minimum atomic E-state index is -1.86. The van der Waals surface area contributed by atoms with Crippen LogP contribution in [0.4, 0.5) is 4.39 Å². The number of hydrogen-bond donors (Lipinski definition) is 1. The maximum atomic E-state index is 14.2. The lowest BCUT2D eigenvalue weighted by atomic mass is 9.85. The van der Waals surface area contributed by atoms with Crippen molar-refractivity contribution >= 4 is 17.7 Å². The largest absolute Gasteiger partial charge is 0.465 e. The van der Waals surface area contributed by atoms with Crippen molar-refractivity contribution in [2.45, 2.75) is 37.9 Å². The predicted molar refractivity (Wildman–Crippen MR) is 133 cm³/mol. The van der Waals surface area contributed by atoms with Gasteiger partial charge in [0, 0.05) is 18.9 Å². The van der Waals surface area contributed by atoms with Gasteiger partial charge in [0.2, 0.25) is 5.82 Å². The summed E-state index contributed by atoms with van der Waals surface area (Å²) in [5, 5.41) is 0. The molecule has 11 nitrogen and oxygen atoms in total. The van der Waals surface area contributed by atoms with Gasteiger partial charge in [-0.05, 0) is 17.7 Å². The number of H-pyrrole nitrogens is 1. The lowest BCUT2D eigenvalue weighted by molar-refractivity contribution is -0.152. The Morgan fingerprint density at radius 2 is 1.82 bits per heavy atom. The number of esters is 2. The lowest BCUT2D eigenvalue weighted by Crippen LogP contribution is -2.50. The van der Waals surface area contributed by atoms with E-state index in [4.69, 9.17) is 18.9 Å². The molecule has 39 heavy (non-hydrogen) atoms. The van der Waals surface area contributed by atoms with Crippen molar-refractivity contribution in [3.8, 4) is 0 Å². The van der Waals surface area contributed by atoms with Gasteiger partial charge in [0.15, 0.2) is 11.4 Å². The maximum Gasteiger partial charge on any atom is 0.337 e. The molecule has 0 bridgehead atoms. The molecule has 2 heterocycles. The van der Waals surface area contributed by atoms with Gasteiger partial charge in [0.1, 0.15) is 18.9 Å². The van der Waals surface area contributed by atoms with E-state index in [0.29, 0.717) is 11.8 Å². The molecule has 1 saturated heterocycles. The summed E-state index contributed by atoms with van der Waals surface area (Å²) in [5.74, 6) is -3.21. The van der Waals surface area contributed by atoms with E-state index in [-0.39, 0.29) is 24.2 Å². The van der Waals surface area contributed by atoms with Gasteiger partial charge >= 0.3 is 17.6 Å². The Morgan fingerprint density at radius 1 is 1.10 bits per heavy atom. The average Bonchev–Trinajstić information content (AvgIpc) is 3.31. The number of nitrogens with one attached hydrogen (secondary N) is 1. The zero-order chi connectivity index (χ0) is 28.2. The monoisotopic (exact) mass is 540 g/mol. The summed E-state index contributed by atoms with van der Waals surface area (Å²) < 4.78 is 37.1. The SMILES string of the molecule is COC(=O)c1cccc(C(=O)[C@]2(OCc3ccccc3)C[C@H](n3cc(F)c(=O)[nH]c3=O)O[C@@H]2COC(C)=O)c1. The van der Waals surface area contributed by atoms with Gasteiger partial charge in [0.05, 0.1) is 25.5 Å². The number of nitrogens with zero attached hydrogens (tertiary/aromatic N) is 1. The summed E-state index contributed by atoms with van der Waals surface area (Å²) in [4.78, 5) is 63.9. The van der Waals surface area contributed by atoms with Crippen LogP contribution in [0.1, 0.15) is 45.9 Å². The number of aromatic nitrogens is 2. The molecule has 0 radical (unpaired) electrons. The molecule has 3 aromatic rings. The third kappa shape index (κ3) is 5.86. The van der Waals surface area contributed by atoms with Crippen LogP contribution in [0.15, 0.2) is 70.4 Å². The van der Waals surface area contributed by atoms with E-state index in [9.17, 15) is 28.4 Å². The highest BCUT2D eigenvalue weighted by molar-refractivity contribution is 6.05. The smallest absolute Gasteiger partial charge is 0.337 e. The summed E-state index contributed by atoms with van der Waals surface area (Å²) in [5.41, 5.74) is -3.19. The van der Waals surface area contributed by atoms with Crippen LogP contribution < -0.4 is 11.2 Å². The first-order chi connectivity index (χ1) is 18.6. The fourth-order valence-corrected chi connectivity index (χ4v) is 4.34. The summed E-state index contributed by atoms with van der Waals surface area (Å²) in [7, 11) is 1.20. The fourth-order valence-electron chi connectivity index (χ4n) is 4.34. The van der Waals surface area contributed by atoms with Crippen LogP contribution >= 0.6 is 0 Å². The molecule has 0 unspecified atom stereocenters. The molecule has 0 aliphatic carbocycles. The van der Waals surface area contributed by atoms with Crippen molar-refractivity contribution in [3.05, 3.63) is 104 Å². The van der Waals surface area contributed by atoms with Crippen LogP contribution in [-0.2, 0) is 30.3 Å². The zero-order valence-corrected chi connectivity index (χ0v) is 21.0. The highest BCUT2D eigenvalue weighted by atomic mass is 19.1. The van der Waals surface area contributed by atoms with Crippen molar-refractivity contribution in [1.82, 2.24) is 9.55 Å². The Bertz CT molecular complexity index is 1500. The predicted octanol–water partition coefficient (Wildman–Crippen LogP) is 2.15. The number of ketones is 1. The van der Waals surface area contributed by atoms with Crippen molar-refractivity contribution < 1.29 is 37.7 Å². The van der Waals surface area contributed by atoms with E-state index in [0.717, 1.165) is 4.57 Å². The quantitative estimate of drug-likeness (QED) is 0.319. The second-order valence-electron chi connectivity index (χ2n) is 8.79. The average molecular weight is 541 g/mol. The van der Waals surface area contributed by atoms with E-state index in [1.54, 1.807) is 30.3 Å². The first kappa shape index (κ1) is 27.6. The topological polar surface area (TPSA) is 143 Å². The van der Waals surface area contributed by atoms with Crippen molar-refractivity contribution in [2.24, 2.45) is 0 Å². The first-order valence-electron chi connectivity index (χ1n) is 11.9. The number of carbonyl (C=O) groups is 3. The van der Waals surface area contributed by atoms with E-state index in [2.05, 4.69) is 0 Å². The normalized spacial score (nSPS) is 20.4. The van der Waals surface area contributed by atoms with Crippen molar-refractivity contribution in [1.29, 1.82) is 0 Å². The molecule has 1 fully saturated rings. The standard InChI is InChI=1S/C27H25FN2O9/c1-16(31)37-15-21-27(38-14-17-7-4-3-5-8-17,23(32)18-9-6-10-19(11-18)25(34)36-2)12-22(39-21)30-13-20(28)24(33)29-26(30)35/h3-11,13,21-22H,12,14-15H2,1-2H3,(H,29,33,35)/t21-,22-,27+/m1/s1. The second-order valence-corrected chi connectivity index (χ2v) is 8.79. The molecule has 12 heteroatoms. The third-order valence-electron chi connectivity index (χ3n) is 6.26. The summed E-state index contributed by atoms with van der Waals surface area (Å²) in [6.07, 6.45) is -2.19. The Kier molecular flexibility index (Phi) is 8.17. The number of halogens is 1. The fraction of sp³-hybridized carbons (Fsp3) is 0.296. The van der Waals surface area contributed by atoms with Crippen LogP contribution in [0.2, 0.25) is 0 Å². The van der Waals surface area contributed by atoms with Gasteiger partial charge in [-0.25, -0.2) is 9.59 Å². The molecule has 204 valence electrons. The molecule has 0 amide bonds. The molecule has 2 aromatic carbocycles. The molecule has 4 rings (SSSR count). The van der Waals surface area contributed by atoms with Crippen LogP contribution in [0.25, 0.3) is 0 Å². The number of benzene rings is 2. The number of hydrogen-bond acceptors (Lipinski definition) is 9. The molecule has 0 saturated carbocycles.